The van der Waals surface area contributed by atoms with Crippen LogP contribution >= 0.6 is 22.7 Å². The lowest BCUT2D eigenvalue weighted by Crippen LogP contribution is -2.46. The van der Waals surface area contributed by atoms with E-state index in [-0.39, 0.29) is 0 Å². The van der Waals surface area contributed by atoms with Crippen LogP contribution in [0.3, 0.4) is 0 Å². The van der Waals surface area contributed by atoms with Crippen molar-refractivity contribution in [3.8, 4) is 0 Å². The van der Waals surface area contributed by atoms with Crippen LogP contribution in [0.4, 0.5) is 5.82 Å². The summed E-state index contributed by atoms with van der Waals surface area (Å²) in [5.74, 6) is 1.18. The lowest BCUT2D eigenvalue weighted by molar-refractivity contribution is 0.251. The summed E-state index contributed by atoms with van der Waals surface area (Å²) in [5.41, 5.74) is 1.54. The minimum atomic E-state index is 1.06. The molecule has 0 N–H and O–H groups in total. The highest BCUT2D eigenvalue weighted by molar-refractivity contribution is 7.19. The zero-order valence-corrected chi connectivity index (χ0v) is 15.9. The van der Waals surface area contributed by atoms with E-state index in [1.54, 1.807) is 16.8 Å². The largest absolute Gasteiger partial charge is 0.353 e. The summed E-state index contributed by atoms with van der Waals surface area (Å²) >= 11 is 3.75. The number of aromatic nitrogens is 2. The highest BCUT2D eigenvalue weighted by atomic mass is 32.1. The number of piperazine rings is 1. The SMILES string of the molecule is c1csc(CN2CCN(c3ncnc4sc5c(c34)CCCC5)CC2)c1. The summed E-state index contributed by atoms with van der Waals surface area (Å²) in [6, 6.07) is 4.39. The van der Waals surface area contributed by atoms with Crippen LogP contribution in [0.5, 0.6) is 0 Å². The third kappa shape index (κ3) is 2.96. The topological polar surface area (TPSA) is 32.3 Å². The van der Waals surface area contributed by atoms with Crippen molar-refractivity contribution in [1.82, 2.24) is 14.9 Å². The molecule has 0 bridgehead atoms. The molecule has 130 valence electrons. The Kier molecular flexibility index (Phi) is 4.19. The number of anilines is 1. The van der Waals surface area contributed by atoms with E-state index in [0.717, 1.165) is 32.7 Å². The molecule has 0 atom stereocenters. The van der Waals surface area contributed by atoms with E-state index in [9.17, 15) is 0 Å². The average molecular weight is 371 g/mol. The van der Waals surface area contributed by atoms with E-state index >= 15 is 0 Å². The van der Waals surface area contributed by atoms with E-state index in [0.29, 0.717) is 0 Å². The second kappa shape index (κ2) is 6.67. The first-order chi connectivity index (χ1) is 12.4. The molecule has 1 aliphatic carbocycles. The molecule has 4 heterocycles. The van der Waals surface area contributed by atoms with E-state index < -0.39 is 0 Å². The van der Waals surface area contributed by atoms with Gasteiger partial charge in [0, 0.05) is 42.5 Å². The zero-order valence-electron chi connectivity index (χ0n) is 14.3. The molecule has 0 saturated carbocycles. The molecule has 2 aliphatic rings. The molecule has 0 aromatic carbocycles. The van der Waals surface area contributed by atoms with Gasteiger partial charge in [-0.05, 0) is 42.7 Å². The normalized spacial score (nSPS) is 18.6. The molecule has 1 aliphatic heterocycles. The highest BCUT2D eigenvalue weighted by Crippen LogP contribution is 2.39. The van der Waals surface area contributed by atoms with Gasteiger partial charge in [-0.25, -0.2) is 9.97 Å². The van der Waals surface area contributed by atoms with Crippen molar-refractivity contribution >= 4 is 38.7 Å². The summed E-state index contributed by atoms with van der Waals surface area (Å²) < 4.78 is 0. The fourth-order valence-electron chi connectivity index (χ4n) is 4.05. The van der Waals surface area contributed by atoms with Gasteiger partial charge in [-0.2, -0.15) is 0 Å². The maximum Gasteiger partial charge on any atom is 0.141 e. The van der Waals surface area contributed by atoms with Crippen molar-refractivity contribution < 1.29 is 0 Å². The maximum atomic E-state index is 4.72. The van der Waals surface area contributed by atoms with Gasteiger partial charge in [0.2, 0.25) is 0 Å². The van der Waals surface area contributed by atoms with E-state index in [4.69, 9.17) is 4.98 Å². The first-order valence-electron chi connectivity index (χ1n) is 9.13. The van der Waals surface area contributed by atoms with Gasteiger partial charge in [-0.1, -0.05) is 6.07 Å². The summed E-state index contributed by atoms with van der Waals surface area (Å²) in [6.07, 6.45) is 6.82. The van der Waals surface area contributed by atoms with E-state index in [1.807, 2.05) is 22.7 Å². The summed E-state index contributed by atoms with van der Waals surface area (Å²) in [6.45, 7) is 5.41. The van der Waals surface area contributed by atoms with Crippen molar-refractivity contribution in [2.45, 2.75) is 32.2 Å². The molecule has 1 saturated heterocycles. The number of rotatable bonds is 3. The monoisotopic (exact) mass is 370 g/mol. The Hall–Kier alpha value is -1.50. The van der Waals surface area contributed by atoms with Gasteiger partial charge < -0.3 is 4.90 Å². The van der Waals surface area contributed by atoms with Gasteiger partial charge in [-0.15, -0.1) is 22.7 Å². The summed E-state index contributed by atoms with van der Waals surface area (Å²) in [4.78, 5) is 18.5. The Bertz CT molecular complexity index is 863. The Morgan fingerprint density at radius 2 is 1.92 bits per heavy atom. The molecule has 1 fully saturated rings. The van der Waals surface area contributed by atoms with Crippen LogP contribution in [0.1, 0.15) is 28.2 Å². The number of thiophene rings is 2. The van der Waals surface area contributed by atoms with Gasteiger partial charge in [-0.3, -0.25) is 4.90 Å². The van der Waals surface area contributed by atoms with Crippen molar-refractivity contribution in [3.63, 3.8) is 0 Å². The average Bonchev–Trinajstić information content (AvgIpc) is 3.29. The van der Waals surface area contributed by atoms with Crippen molar-refractivity contribution in [3.05, 3.63) is 39.2 Å². The standard InChI is InChI=1S/C19H22N4S2/c1-2-6-16-15(5-1)17-18(20-13-21-19(17)25-16)23-9-7-22(8-10-23)12-14-4-3-11-24-14/h3-4,11,13H,1-2,5-10,12H2. The number of fused-ring (bicyclic) bond motifs is 3. The maximum absolute atomic E-state index is 4.72. The van der Waals surface area contributed by atoms with Crippen LogP contribution in [-0.4, -0.2) is 41.0 Å². The number of hydrogen-bond donors (Lipinski definition) is 0. The lowest BCUT2D eigenvalue weighted by Gasteiger charge is -2.35. The lowest BCUT2D eigenvalue weighted by atomic mass is 9.97. The van der Waals surface area contributed by atoms with Gasteiger partial charge in [0.15, 0.2) is 0 Å². The molecular formula is C19H22N4S2. The van der Waals surface area contributed by atoms with E-state index in [1.165, 1.54) is 46.6 Å². The van der Waals surface area contributed by atoms with Crippen LogP contribution in [-0.2, 0) is 19.4 Å². The van der Waals surface area contributed by atoms with Crippen LogP contribution in [0.2, 0.25) is 0 Å². The van der Waals surface area contributed by atoms with Crippen LogP contribution in [0.15, 0.2) is 23.8 Å². The van der Waals surface area contributed by atoms with Gasteiger partial charge in [0.05, 0.1) is 5.39 Å². The van der Waals surface area contributed by atoms with E-state index in [2.05, 4.69) is 32.3 Å². The van der Waals surface area contributed by atoms with Crippen LogP contribution in [0.25, 0.3) is 10.2 Å². The predicted molar refractivity (Wildman–Crippen MR) is 106 cm³/mol. The van der Waals surface area contributed by atoms with Gasteiger partial charge in [0.1, 0.15) is 17.0 Å². The fraction of sp³-hybridized carbons (Fsp3) is 0.474. The Morgan fingerprint density at radius 1 is 1.04 bits per heavy atom. The third-order valence-corrected chi connectivity index (χ3v) is 7.42. The number of hydrogen-bond acceptors (Lipinski definition) is 6. The van der Waals surface area contributed by atoms with Crippen LogP contribution in [0, 0.1) is 0 Å². The molecule has 0 spiro atoms. The molecular weight excluding hydrogens is 348 g/mol. The summed E-state index contributed by atoms with van der Waals surface area (Å²) in [5, 5.41) is 3.53. The number of nitrogens with zero attached hydrogens (tertiary/aromatic N) is 4. The molecule has 6 heteroatoms. The first-order valence-corrected chi connectivity index (χ1v) is 10.8. The Labute approximate surface area is 156 Å². The van der Waals surface area contributed by atoms with Crippen molar-refractivity contribution in [2.75, 3.05) is 31.1 Å². The molecule has 3 aromatic heterocycles. The first kappa shape index (κ1) is 15.7. The zero-order chi connectivity index (χ0) is 16.6. The second-order valence-corrected chi connectivity index (χ2v) is 9.05. The number of aryl methyl sites for hydroxylation is 2. The minimum absolute atomic E-state index is 1.06. The minimum Gasteiger partial charge on any atom is -0.353 e. The van der Waals surface area contributed by atoms with Crippen LogP contribution < -0.4 is 4.90 Å². The Balaban J connectivity index is 1.38. The molecule has 25 heavy (non-hydrogen) atoms. The molecule has 0 amide bonds. The third-order valence-electron chi connectivity index (χ3n) is 5.36. The molecule has 4 nitrogen and oxygen atoms in total. The fourth-order valence-corrected chi connectivity index (χ4v) is 6.02. The molecule has 5 rings (SSSR count). The quantitative estimate of drug-likeness (QED) is 0.699. The van der Waals surface area contributed by atoms with Crippen molar-refractivity contribution in [2.24, 2.45) is 0 Å². The molecule has 0 unspecified atom stereocenters. The van der Waals surface area contributed by atoms with Gasteiger partial charge >= 0.3 is 0 Å². The highest BCUT2D eigenvalue weighted by Gasteiger charge is 2.25. The van der Waals surface area contributed by atoms with Gasteiger partial charge in [0.25, 0.3) is 0 Å². The van der Waals surface area contributed by atoms with Crippen molar-refractivity contribution in [1.29, 1.82) is 0 Å². The summed E-state index contributed by atoms with van der Waals surface area (Å²) in [7, 11) is 0. The molecule has 0 radical (unpaired) electrons. The smallest absolute Gasteiger partial charge is 0.141 e. The Morgan fingerprint density at radius 3 is 2.76 bits per heavy atom. The predicted octanol–water partition coefficient (Wildman–Crippen LogP) is 3.95. The second-order valence-electron chi connectivity index (χ2n) is 6.93. The molecule has 3 aromatic rings.